The summed E-state index contributed by atoms with van der Waals surface area (Å²) in [5, 5.41) is 10.1. The maximum atomic E-state index is 10.1. The zero-order valence-corrected chi connectivity index (χ0v) is 16.1. The number of aryl methyl sites for hydroxylation is 2. The number of aromatic hydroxyl groups is 1. The molecular formula is C26H23NO. The lowest BCUT2D eigenvalue weighted by atomic mass is 10.0. The summed E-state index contributed by atoms with van der Waals surface area (Å²) in [6, 6.07) is 32.8. The number of rotatable bonds is 4. The van der Waals surface area contributed by atoms with Gasteiger partial charge in [0, 0.05) is 22.6 Å². The molecule has 0 radical (unpaired) electrons. The van der Waals surface area contributed by atoms with Crippen molar-refractivity contribution in [3.8, 4) is 16.9 Å². The zero-order chi connectivity index (χ0) is 19.5. The van der Waals surface area contributed by atoms with E-state index in [0.717, 1.165) is 28.2 Å². The summed E-state index contributed by atoms with van der Waals surface area (Å²) in [6.07, 6.45) is 0. The average Bonchev–Trinajstić information content (AvgIpc) is 2.72. The SMILES string of the molecule is Cc1ccc(N(c2ccc(C)cc2)c2ccc(-c3ccccc3O)cc2)cc1. The third kappa shape index (κ3) is 3.63. The fourth-order valence-corrected chi connectivity index (χ4v) is 3.34. The fraction of sp³-hybridized carbons (Fsp3) is 0.0769. The molecule has 0 amide bonds. The number of phenolic OH excluding ortho intramolecular Hbond substituents is 1. The molecule has 4 aromatic rings. The van der Waals surface area contributed by atoms with Crippen molar-refractivity contribution in [2.45, 2.75) is 13.8 Å². The summed E-state index contributed by atoms with van der Waals surface area (Å²) in [7, 11) is 0. The predicted molar refractivity (Wildman–Crippen MR) is 118 cm³/mol. The van der Waals surface area contributed by atoms with Gasteiger partial charge in [0.25, 0.3) is 0 Å². The third-order valence-corrected chi connectivity index (χ3v) is 4.92. The van der Waals surface area contributed by atoms with Gasteiger partial charge in [-0.05, 0) is 61.9 Å². The number of hydrogen-bond acceptors (Lipinski definition) is 2. The number of nitrogens with zero attached hydrogens (tertiary/aromatic N) is 1. The molecule has 1 N–H and O–H groups in total. The Bertz CT molecular complexity index is 1020. The van der Waals surface area contributed by atoms with Crippen LogP contribution in [-0.2, 0) is 0 Å². The average molecular weight is 365 g/mol. The molecule has 0 aromatic heterocycles. The van der Waals surface area contributed by atoms with E-state index in [0.29, 0.717) is 5.75 Å². The van der Waals surface area contributed by atoms with Gasteiger partial charge < -0.3 is 10.0 Å². The van der Waals surface area contributed by atoms with Crippen LogP contribution in [0.15, 0.2) is 97.1 Å². The lowest BCUT2D eigenvalue weighted by molar-refractivity contribution is 0.477. The maximum absolute atomic E-state index is 10.1. The first-order valence-electron chi connectivity index (χ1n) is 9.44. The van der Waals surface area contributed by atoms with Gasteiger partial charge in [-0.2, -0.15) is 0 Å². The van der Waals surface area contributed by atoms with Gasteiger partial charge in [-0.3, -0.25) is 0 Å². The van der Waals surface area contributed by atoms with Crippen molar-refractivity contribution < 1.29 is 5.11 Å². The highest BCUT2D eigenvalue weighted by Gasteiger charge is 2.13. The number of hydrogen-bond donors (Lipinski definition) is 1. The van der Waals surface area contributed by atoms with Crippen LogP contribution in [0.25, 0.3) is 11.1 Å². The largest absolute Gasteiger partial charge is 0.507 e. The smallest absolute Gasteiger partial charge is 0.123 e. The van der Waals surface area contributed by atoms with Gasteiger partial charge in [-0.25, -0.2) is 0 Å². The molecule has 0 spiro atoms. The van der Waals surface area contributed by atoms with E-state index < -0.39 is 0 Å². The van der Waals surface area contributed by atoms with E-state index in [4.69, 9.17) is 0 Å². The summed E-state index contributed by atoms with van der Waals surface area (Å²) in [5.74, 6) is 0.296. The third-order valence-electron chi connectivity index (χ3n) is 4.92. The molecular weight excluding hydrogens is 342 g/mol. The van der Waals surface area contributed by atoms with Crippen molar-refractivity contribution in [3.05, 3.63) is 108 Å². The lowest BCUT2D eigenvalue weighted by Gasteiger charge is -2.26. The van der Waals surface area contributed by atoms with E-state index in [1.54, 1.807) is 6.07 Å². The van der Waals surface area contributed by atoms with Crippen LogP contribution in [0.1, 0.15) is 11.1 Å². The first-order chi connectivity index (χ1) is 13.6. The molecule has 4 aromatic carbocycles. The highest BCUT2D eigenvalue weighted by molar-refractivity contribution is 5.79. The van der Waals surface area contributed by atoms with Gasteiger partial charge in [0.15, 0.2) is 0 Å². The number of para-hydroxylation sites is 1. The van der Waals surface area contributed by atoms with Crippen molar-refractivity contribution in [2.75, 3.05) is 4.90 Å². The molecule has 0 unspecified atom stereocenters. The molecule has 4 rings (SSSR count). The summed E-state index contributed by atoms with van der Waals surface area (Å²) in [5.41, 5.74) is 7.62. The van der Waals surface area contributed by atoms with Crippen molar-refractivity contribution in [1.29, 1.82) is 0 Å². The minimum absolute atomic E-state index is 0.296. The highest BCUT2D eigenvalue weighted by Crippen LogP contribution is 2.36. The normalized spacial score (nSPS) is 10.6. The molecule has 0 bridgehead atoms. The van der Waals surface area contributed by atoms with Gasteiger partial charge >= 0.3 is 0 Å². The second-order valence-electron chi connectivity index (χ2n) is 7.07. The molecule has 0 aliphatic carbocycles. The van der Waals surface area contributed by atoms with E-state index in [1.165, 1.54) is 11.1 Å². The summed E-state index contributed by atoms with van der Waals surface area (Å²) in [4.78, 5) is 2.24. The lowest BCUT2D eigenvalue weighted by Crippen LogP contribution is -2.09. The summed E-state index contributed by atoms with van der Waals surface area (Å²) >= 11 is 0. The van der Waals surface area contributed by atoms with Crippen molar-refractivity contribution >= 4 is 17.1 Å². The monoisotopic (exact) mass is 365 g/mol. The standard InChI is InChI=1S/C26H23NO/c1-19-7-13-22(14-8-19)27(23-15-9-20(2)10-16-23)24-17-11-21(12-18-24)25-5-3-4-6-26(25)28/h3-18,28H,1-2H3. The van der Waals surface area contributed by atoms with Crippen LogP contribution in [0, 0.1) is 13.8 Å². The zero-order valence-electron chi connectivity index (χ0n) is 16.1. The maximum Gasteiger partial charge on any atom is 0.123 e. The predicted octanol–water partition coefficient (Wildman–Crippen LogP) is 7.15. The number of benzene rings is 4. The Labute approximate surface area is 166 Å². The van der Waals surface area contributed by atoms with Gasteiger partial charge in [0.05, 0.1) is 0 Å². The minimum Gasteiger partial charge on any atom is -0.507 e. The van der Waals surface area contributed by atoms with Crippen LogP contribution in [0.5, 0.6) is 5.75 Å². The Morgan fingerprint density at radius 3 is 1.43 bits per heavy atom. The quantitative estimate of drug-likeness (QED) is 0.415. The van der Waals surface area contributed by atoms with Crippen molar-refractivity contribution in [1.82, 2.24) is 0 Å². The Morgan fingerprint density at radius 2 is 0.964 bits per heavy atom. The Balaban J connectivity index is 1.77. The second kappa shape index (κ2) is 7.61. The second-order valence-corrected chi connectivity index (χ2v) is 7.07. The topological polar surface area (TPSA) is 23.5 Å². The molecule has 0 aliphatic rings. The first kappa shape index (κ1) is 17.9. The molecule has 0 fully saturated rings. The molecule has 0 atom stereocenters. The molecule has 0 aliphatic heterocycles. The van der Waals surface area contributed by atoms with Gasteiger partial charge in [-0.15, -0.1) is 0 Å². The van der Waals surface area contributed by atoms with Gasteiger partial charge in [0.2, 0.25) is 0 Å². The number of phenols is 1. The number of anilines is 3. The Morgan fingerprint density at radius 1 is 0.536 bits per heavy atom. The minimum atomic E-state index is 0.296. The van der Waals surface area contributed by atoms with Crippen LogP contribution in [-0.4, -0.2) is 5.11 Å². The van der Waals surface area contributed by atoms with E-state index in [9.17, 15) is 5.11 Å². The summed E-state index contributed by atoms with van der Waals surface area (Å²) in [6.45, 7) is 4.20. The molecule has 0 saturated carbocycles. The van der Waals surface area contributed by atoms with Crippen LogP contribution >= 0.6 is 0 Å². The van der Waals surface area contributed by atoms with Crippen LogP contribution < -0.4 is 4.90 Å². The van der Waals surface area contributed by atoms with Crippen LogP contribution in [0.3, 0.4) is 0 Å². The fourth-order valence-electron chi connectivity index (χ4n) is 3.34. The Hall–Kier alpha value is -3.52. The van der Waals surface area contributed by atoms with E-state index >= 15 is 0 Å². The Kier molecular flexibility index (Phi) is 4.86. The summed E-state index contributed by atoms with van der Waals surface area (Å²) < 4.78 is 0. The van der Waals surface area contributed by atoms with Crippen molar-refractivity contribution in [2.24, 2.45) is 0 Å². The van der Waals surface area contributed by atoms with Crippen LogP contribution in [0.4, 0.5) is 17.1 Å². The van der Waals surface area contributed by atoms with E-state index in [2.05, 4.69) is 91.5 Å². The molecule has 28 heavy (non-hydrogen) atoms. The first-order valence-corrected chi connectivity index (χ1v) is 9.44. The molecule has 138 valence electrons. The van der Waals surface area contributed by atoms with Crippen molar-refractivity contribution in [3.63, 3.8) is 0 Å². The van der Waals surface area contributed by atoms with E-state index in [1.807, 2.05) is 18.2 Å². The molecule has 2 heteroatoms. The molecule has 0 saturated heterocycles. The molecule has 2 nitrogen and oxygen atoms in total. The molecule has 0 heterocycles. The van der Waals surface area contributed by atoms with Gasteiger partial charge in [-0.1, -0.05) is 65.7 Å². The van der Waals surface area contributed by atoms with Crippen LogP contribution in [0.2, 0.25) is 0 Å². The van der Waals surface area contributed by atoms with E-state index in [-0.39, 0.29) is 0 Å². The van der Waals surface area contributed by atoms with Gasteiger partial charge in [0.1, 0.15) is 5.75 Å². The highest BCUT2D eigenvalue weighted by atomic mass is 16.3.